The second-order valence-corrected chi connectivity index (χ2v) is 18.0. The number of fused-ring (bicyclic) bond motifs is 1. The van der Waals surface area contributed by atoms with Gasteiger partial charge < -0.3 is 27.0 Å². The van der Waals surface area contributed by atoms with Gasteiger partial charge in [0.1, 0.15) is 26.1 Å². The molecule has 62 heavy (non-hydrogen) atoms. The van der Waals surface area contributed by atoms with Gasteiger partial charge in [0.25, 0.3) is 40.5 Å². The standard InChI is InChI=1S/C34H27N10O14S4/c35-23-2-1-3-25(33(23)45)41-38-19-6-4-18(5-7-19)37-24-13-10-21(16-26(24)60(50,51)52)39-42-31-27(61(53,54)55)14-17-15-28(62(56,57)58)32(34(46)29(17)30(31)36)43-44-40-20-8-11-22(12-9-20)59(47,48)49/h1-16,37,45-46H,35-36H2,(H,47,48,49)(H,50,51,52)(H,53,54,55)(H,56,57,58). The summed E-state index contributed by atoms with van der Waals surface area (Å²) < 4.78 is 137. The van der Waals surface area contributed by atoms with Crippen molar-refractivity contribution in [3.8, 4) is 11.5 Å². The van der Waals surface area contributed by atoms with E-state index in [4.69, 9.17) is 16.0 Å². The summed E-state index contributed by atoms with van der Waals surface area (Å²) in [6, 6.07) is 19.0. The van der Waals surface area contributed by atoms with Gasteiger partial charge in [-0.1, -0.05) is 6.07 Å². The molecule has 0 heterocycles. The third-order valence-electron chi connectivity index (χ3n) is 8.28. The zero-order valence-electron chi connectivity index (χ0n) is 30.6. The van der Waals surface area contributed by atoms with Gasteiger partial charge in [0.15, 0.2) is 17.2 Å². The Kier molecular flexibility index (Phi) is 12.0. The second-order valence-electron chi connectivity index (χ2n) is 12.5. The molecule has 0 saturated heterocycles. The van der Waals surface area contributed by atoms with Crippen LogP contribution in [0.3, 0.4) is 0 Å². The largest absolute Gasteiger partial charge is 0.505 e. The molecule has 0 fully saturated rings. The van der Waals surface area contributed by atoms with Gasteiger partial charge >= 0.3 is 0 Å². The molecule has 0 bridgehead atoms. The molecule has 0 spiro atoms. The van der Waals surface area contributed by atoms with E-state index < -0.39 is 93.6 Å². The number of nitrogens with zero attached hydrogens (tertiary/aromatic N) is 7. The molecule has 0 amide bonds. The first-order valence-corrected chi connectivity index (χ1v) is 22.3. The van der Waals surface area contributed by atoms with Gasteiger partial charge in [-0.15, -0.1) is 20.8 Å². The van der Waals surface area contributed by atoms with E-state index in [1.807, 2.05) is 0 Å². The van der Waals surface area contributed by atoms with E-state index in [2.05, 4.69) is 41.5 Å². The number of hydrogen-bond acceptors (Lipinski definition) is 19. The van der Waals surface area contributed by atoms with Crippen LogP contribution in [-0.2, 0) is 40.5 Å². The summed E-state index contributed by atoms with van der Waals surface area (Å²) in [4.78, 5) is -3.46. The SMILES string of the molecule is Nc1cccc(N=Nc2ccc(Nc3ccc(N=Nc4c(S(=O)(=O)O)cc5cc(S(=O)(=O)O)c(N=N[N]c6ccc(S(=O)(=O)O)cc6)c(O)c5c4N)cc3S(=O)(=O)O)cc2)c1O. The van der Waals surface area contributed by atoms with Crippen molar-refractivity contribution in [2.24, 2.45) is 30.8 Å². The number of benzene rings is 6. The quantitative estimate of drug-likeness (QED) is 0.0187. The number of para-hydroxylation sites is 1. The first kappa shape index (κ1) is 44.4. The summed E-state index contributed by atoms with van der Waals surface area (Å²) in [6.45, 7) is 0. The number of phenols is 2. The molecule has 28 heteroatoms. The highest BCUT2D eigenvalue weighted by atomic mass is 32.2. The predicted molar refractivity (Wildman–Crippen MR) is 219 cm³/mol. The highest BCUT2D eigenvalue weighted by Gasteiger charge is 2.28. The maximum absolute atomic E-state index is 12.5. The molecule has 0 unspecified atom stereocenters. The second kappa shape index (κ2) is 16.7. The van der Waals surface area contributed by atoms with E-state index in [1.165, 1.54) is 42.5 Å². The van der Waals surface area contributed by atoms with E-state index >= 15 is 0 Å². The predicted octanol–water partition coefficient (Wildman–Crippen LogP) is 6.91. The molecule has 6 aromatic carbocycles. The highest BCUT2D eigenvalue weighted by molar-refractivity contribution is 7.86. The topological polar surface area (TPSA) is 410 Å². The molecule has 0 saturated carbocycles. The van der Waals surface area contributed by atoms with Gasteiger partial charge in [0.05, 0.1) is 44.4 Å². The lowest BCUT2D eigenvalue weighted by Gasteiger charge is -2.14. The van der Waals surface area contributed by atoms with Crippen LogP contribution in [0.1, 0.15) is 0 Å². The van der Waals surface area contributed by atoms with E-state index in [-0.39, 0.29) is 34.2 Å². The molecule has 321 valence electrons. The number of nitrogen functional groups attached to an aromatic ring is 2. The molecule has 0 aliphatic carbocycles. The Morgan fingerprint density at radius 3 is 1.68 bits per heavy atom. The summed E-state index contributed by atoms with van der Waals surface area (Å²) in [5, 5.41) is 45.5. The molecule has 1 radical (unpaired) electrons. The average molecular weight is 928 g/mol. The summed E-state index contributed by atoms with van der Waals surface area (Å²) >= 11 is 0. The number of hydrogen-bond donors (Lipinski definition) is 9. The number of azo groups is 2. The van der Waals surface area contributed by atoms with Crippen molar-refractivity contribution in [2.45, 2.75) is 19.6 Å². The number of rotatable bonds is 13. The number of nitrogens with two attached hydrogens (primary N) is 2. The summed E-state index contributed by atoms with van der Waals surface area (Å²) in [7, 11) is -20.1. The van der Waals surface area contributed by atoms with Crippen LogP contribution in [0.2, 0.25) is 0 Å². The van der Waals surface area contributed by atoms with Gasteiger partial charge in [-0.2, -0.15) is 43.9 Å². The van der Waals surface area contributed by atoms with Crippen LogP contribution in [0.4, 0.5) is 56.9 Å². The maximum atomic E-state index is 12.5. The normalized spacial score (nSPS) is 12.8. The van der Waals surface area contributed by atoms with Crippen molar-refractivity contribution < 1.29 is 62.1 Å². The molecule has 6 aromatic rings. The molecular formula is C34H27N10O14S4. The molecule has 0 atom stereocenters. The third-order valence-corrected chi connectivity index (χ3v) is 11.8. The van der Waals surface area contributed by atoms with Crippen LogP contribution in [0.5, 0.6) is 11.5 Å². The van der Waals surface area contributed by atoms with Crippen molar-refractivity contribution in [1.29, 1.82) is 0 Å². The van der Waals surface area contributed by atoms with Gasteiger partial charge in [0, 0.05) is 5.69 Å². The Labute approximate surface area is 350 Å². The molecule has 0 aromatic heterocycles. The van der Waals surface area contributed by atoms with Gasteiger partial charge in [-0.3, -0.25) is 18.2 Å². The third kappa shape index (κ3) is 9.88. The molecule has 0 aliphatic heterocycles. The summed E-state index contributed by atoms with van der Waals surface area (Å²) in [5.41, 5.74) is 13.2. The smallest absolute Gasteiger partial charge is 0.296 e. The fraction of sp³-hybridized carbons (Fsp3) is 0. The van der Waals surface area contributed by atoms with Crippen molar-refractivity contribution in [2.75, 3.05) is 16.8 Å². The van der Waals surface area contributed by atoms with Crippen LogP contribution in [-0.4, -0.2) is 62.1 Å². The van der Waals surface area contributed by atoms with Crippen molar-refractivity contribution >= 4 is 108 Å². The van der Waals surface area contributed by atoms with Crippen LogP contribution < -0.4 is 22.2 Å². The highest BCUT2D eigenvalue weighted by Crippen LogP contribution is 2.48. The van der Waals surface area contributed by atoms with Crippen molar-refractivity contribution in [3.05, 3.63) is 97.1 Å². The van der Waals surface area contributed by atoms with Crippen LogP contribution >= 0.6 is 0 Å². The first-order valence-electron chi connectivity index (χ1n) is 16.6. The number of aromatic hydroxyl groups is 2. The maximum Gasteiger partial charge on any atom is 0.296 e. The Morgan fingerprint density at radius 1 is 0.516 bits per heavy atom. The molecular weight excluding hydrogens is 901 g/mol. The minimum absolute atomic E-state index is 0.0809. The first-order chi connectivity index (χ1) is 28.9. The summed E-state index contributed by atoms with van der Waals surface area (Å²) in [5.74, 6) is -1.39. The van der Waals surface area contributed by atoms with Gasteiger partial charge in [0.2, 0.25) is 0 Å². The van der Waals surface area contributed by atoms with E-state index in [0.717, 1.165) is 36.4 Å². The van der Waals surface area contributed by atoms with Gasteiger partial charge in [-0.25, -0.2) is 0 Å². The van der Waals surface area contributed by atoms with Crippen LogP contribution in [0, 0.1) is 0 Å². The minimum atomic E-state index is -5.29. The van der Waals surface area contributed by atoms with E-state index in [0.29, 0.717) is 23.5 Å². The fourth-order valence-electron chi connectivity index (χ4n) is 5.41. The Balaban J connectivity index is 1.35. The number of nitrogens with one attached hydrogen (secondary N) is 1. The molecule has 11 N–H and O–H groups in total. The minimum Gasteiger partial charge on any atom is -0.505 e. The van der Waals surface area contributed by atoms with Crippen LogP contribution in [0.15, 0.2) is 147 Å². The average Bonchev–Trinajstić information content (AvgIpc) is 3.18. The number of phenolic OH excluding ortho intramolecular Hbond substituents is 2. The van der Waals surface area contributed by atoms with Crippen molar-refractivity contribution in [1.82, 2.24) is 5.43 Å². The fourth-order valence-corrected chi connectivity index (χ4v) is 7.89. The lowest BCUT2D eigenvalue weighted by Crippen LogP contribution is -2.04. The zero-order chi connectivity index (χ0) is 45.4. The van der Waals surface area contributed by atoms with Gasteiger partial charge in [-0.05, 0) is 102 Å². The molecule has 24 nitrogen and oxygen atoms in total. The summed E-state index contributed by atoms with van der Waals surface area (Å²) in [6.07, 6.45) is 0. The number of anilines is 4. The Bertz CT molecular complexity index is 3330. The van der Waals surface area contributed by atoms with E-state index in [1.54, 1.807) is 6.07 Å². The monoisotopic (exact) mass is 927 g/mol. The van der Waals surface area contributed by atoms with Crippen molar-refractivity contribution in [3.63, 3.8) is 0 Å². The Morgan fingerprint density at radius 2 is 1.08 bits per heavy atom. The molecule has 0 aliphatic rings. The lowest BCUT2D eigenvalue weighted by atomic mass is 10.1. The van der Waals surface area contributed by atoms with Crippen LogP contribution in [0.25, 0.3) is 10.8 Å². The molecule has 6 rings (SSSR count). The zero-order valence-corrected chi connectivity index (χ0v) is 33.9. The lowest BCUT2D eigenvalue weighted by molar-refractivity contribution is 0.471. The Hall–Kier alpha value is -7.18. The van der Waals surface area contributed by atoms with E-state index in [9.17, 15) is 57.5 Å².